The molecule has 1 aromatic carbocycles. The van der Waals surface area contributed by atoms with E-state index in [0.717, 1.165) is 37.7 Å². The number of nitrogens with zero attached hydrogens (tertiary/aromatic N) is 3. The molecule has 2 aromatic heterocycles. The van der Waals surface area contributed by atoms with E-state index in [9.17, 15) is 4.79 Å². The van der Waals surface area contributed by atoms with Crippen LogP contribution in [0.3, 0.4) is 0 Å². The van der Waals surface area contributed by atoms with Crippen LogP contribution in [0.15, 0.2) is 45.3 Å². The second kappa shape index (κ2) is 7.73. The van der Waals surface area contributed by atoms with Crippen molar-refractivity contribution in [2.75, 3.05) is 0 Å². The van der Waals surface area contributed by atoms with E-state index < -0.39 is 0 Å². The average Bonchev–Trinajstić information content (AvgIpc) is 3.39. The number of aromatic nitrogens is 3. The van der Waals surface area contributed by atoms with Crippen LogP contribution in [0.2, 0.25) is 0 Å². The number of hydrogen-bond acceptors (Lipinski definition) is 6. The van der Waals surface area contributed by atoms with Gasteiger partial charge in [-0.3, -0.25) is 4.79 Å². The van der Waals surface area contributed by atoms with E-state index in [4.69, 9.17) is 8.94 Å². The molecule has 140 valence electrons. The predicted molar refractivity (Wildman–Crippen MR) is 98.1 cm³/mol. The fourth-order valence-electron chi connectivity index (χ4n) is 3.50. The van der Waals surface area contributed by atoms with Gasteiger partial charge in [-0.2, -0.15) is 0 Å². The van der Waals surface area contributed by atoms with Gasteiger partial charge < -0.3 is 14.3 Å². The molecule has 1 amide bonds. The maximum absolute atomic E-state index is 12.6. The molecule has 7 heteroatoms. The summed E-state index contributed by atoms with van der Waals surface area (Å²) in [7, 11) is 0. The Kier molecular flexibility index (Phi) is 5.00. The summed E-state index contributed by atoms with van der Waals surface area (Å²) >= 11 is 0. The molecule has 0 radical (unpaired) electrons. The predicted octanol–water partition coefficient (Wildman–Crippen LogP) is 3.74. The smallest absolute Gasteiger partial charge is 0.273 e. The molecule has 0 bridgehead atoms. The van der Waals surface area contributed by atoms with Gasteiger partial charge in [0.1, 0.15) is 0 Å². The summed E-state index contributed by atoms with van der Waals surface area (Å²) < 4.78 is 11.0. The maximum Gasteiger partial charge on any atom is 0.273 e. The Morgan fingerprint density at radius 3 is 2.85 bits per heavy atom. The van der Waals surface area contributed by atoms with E-state index in [1.807, 2.05) is 37.3 Å². The van der Waals surface area contributed by atoms with E-state index >= 15 is 0 Å². The van der Waals surface area contributed by atoms with Crippen molar-refractivity contribution < 1.29 is 13.7 Å². The van der Waals surface area contributed by atoms with Crippen molar-refractivity contribution in [1.82, 2.24) is 20.7 Å². The zero-order valence-electron chi connectivity index (χ0n) is 15.2. The Morgan fingerprint density at radius 1 is 1.22 bits per heavy atom. The van der Waals surface area contributed by atoms with E-state index in [2.05, 4.69) is 20.7 Å². The third-order valence-corrected chi connectivity index (χ3v) is 4.94. The number of rotatable bonds is 5. The molecular formula is C20H22N4O3. The zero-order chi connectivity index (χ0) is 18.6. The number of nitrogens with one attached hydrogen (secondary N) is 1. The molecule has 1 aliphatic carbocycles. The summed E-state index contributed by atoms with van der Waals surface area (Å²) in [6.07, 6.45) is 4.46. The first-order valence-electron chi connectivity index (χ1n) is 9.38. The van der Waals surface area contributed by atoms with Crippen LogP contribution in [-0.4, -0.2) is 27.3 Å². The van der Waals surface area contributed by atoms with Gasteiger partial charge in [0.15, 0.2) is 11.5 Å². The second-order valence-corrected chi connectivity index (χ2v) is 6.86. The minimum atomic E-state index is -0.216. The highest BCUT2D eigenvalue weighted by Gasteiger charge is 2.28. The summed E-state index contributed by atoms with van der Waals surface area (Å²) in [5, 5.41) is 15.2. The summed E-state index contributed by atoms with van der Waals surface area (Å²) in [6.45, 7) is 1.99. The molecule has 27 heavy (non-hydrogen) atoms. The molecular weight excluding hydrogens is 344 g/mol. The maximum atomic E-state index is 12.6. The standard InChI is InChI=1S/C20H22N4O3/c1-2-18-22-23-20(26-18)14-9-6-10-15(11-14)21-19(25)16-12-17(27-24-16)13-7-4-3-5-8-13/h3-5,7-8,12,14-15H,2,6,9-11H2,1H3,(H,21,25). The van der Waals surface area contributed by atoms with Crippen LogP contribution in [0, 0.1) is 0 Å². The van der Waals surface area contributed by atoms with Gasteiger partial charge in [0.2, 0.25) is 11.8 Å². The molecule has 2 heterocycles. The number of benzene rings is 1. The van der Waals surface area contributed by atoms with Crippen LogP contribution < -0.4 is 5.32 Å². The molecule has 1 N–H and O–H groups in total. The molecule has 1 aliphatic rings. The lowest BCUT2D eigenvalue weighted by molar-refractivity contribution is 0.0914. The normalized spacial score (nSPS) is 19.7. The fourth-order valence-corrected chi connectivity index (χ4v) is 3.50. The van der Waals surface area contributed by atoms with E-state index in [1.165, 1.54) is 0 Å². The molecule has 7 nitrogen and oxygen atoms in total. The van der Waals surface area contributed by atoms with E-state index in [0.29, 0.717) is 23.2 Å². The van der Waals surface area contributed by atoms with Gasteiger partial charge in [0, 0.05) is 30.0 Å². The largest absolute Gasteiger partial charge is 0.425 e. The van der Waals surface area contributed by atoms with Gasteiger partial charge in [-0.15, -0.1) is 10.2 Å². The first kappa shape index (κ1) is 17.5. The molecule has 3 aromatic rings. The van der Waals surface area contributed by atoms with Crippen molar-refractivity contribution in [3.8, 4) is 11.3 Å². The third kappa shape index (κ3) is 3.92. The Morgan fingerprint density at radius 2 is 2.07 bits per heavy atom. The van der Waals surface area contributed by atoms with Crippen LogP contribution >= 0.6 is 0 Å². The van der Waals surface area contributed by atoms with Crippen LogP contribution in [0.1, 0.15) is 60.8 Å². The lowest BCUT2D eigenvalue weighted by atomic mass is 9.85. The van der Waals surface area contributed by atoms with Crippen molar-refractivity contribution in [3.05, 3.63) is 53.9 Å². The highest BCUT2D eigenvalue weighted by molar-refractivity contribution is 5.93. The highest BCUT2D eigenvalue weighted by Crippen LogP contribution is 2.32. The van der Waals surface area contributed by atoms with Crippen LogP contribution in [0.4, 0.5) is 0 Å². The lowest BCUT2D eigenvalue weighted by Crippen LogP contribution is -2.38. The number of aryl methyl sites for hydroxylation is 1. The molecule has 1 fully saturated rings. The Balaban J connectivity index is 1.40. The minimum absolute atomic E-state index is 0.0603. The van der Waals surface area contributed by atoms with E-state index in [1.54, 1.807) is 6.07 Å². The summed E-state index contributed by atoms with van der Waals surface area (Å²) in [5.41, 5.74) is 1.19. The van der Waals surface area contributed by atoms with Gasteiger partial charge in [-0.25, -0.2) is 0 Å². The third-order valence-electron chi connectivity index (χ3n) is 4.94. The van der Waals surface area contributed by atoms with Crippen molar-refractivity contribution in [1.29, 1.82) is 0 Å². The van der Waals surface area contributed by atoms with Crippen LogP contribution in [-0.2, 0) is 6.42 Å². The van der Waals surface area contributed by atoms with E-state index in [-0.39, 0.29) is 17.9 Å². The quantitative estimate of drug-likeness (QED) is 0.739. The lowest BCUT2D eigenvalue weighted by Gasteiger charge is -2.27. The number of amides is 1. The first-order valence-corrected chi connectivity index (χ1v) is 9.38. The fraction of sp³-hybridized carbons (Fsp3) is 0.400. The molecule has 2 atom stereocenters. The van der Waals surface area contributed by atoms with Crippen molar-refractivity contribution in [2.45, 2.75) is 51.0 Å². The Labute approximate surface area is 157 Å². The average molecular weight is 366 g/mol. The zero-order valence-corrected chi connectivity index (χ0v) is 15.2. The summed E-state index contributed by atoms with van der Waals surface area (Å²) in [4.78, 5) is 12.6. The summed E-state index contributed by atoms with van der Waals surface area (Å²) in [5.74, 6) is 1.89. The number of carbonyl (C=O) groups excluding carboxylic acids is 1. The Hall–Kier alpha value is -2.96. The molecule has 0 saturated heterocycles. The van der Waals surface area contributed by atoms with Gasteiger partial charge in [0.05, 0.1) is 0 Å². The van der Waals surface area contributed by atoms with Crippen molar-refractivity contribution in [3.63, 3.8) is 0 Å². The van der Waals surface area contributed by atoms with Crippen molar-refractivity contribution in [2.24, 2.45) is 0 Å². The molecule has 0 aliphatic heterocycles. The topological polar surface area (TPSA) is 94.1 Å². The van der Waals surface area contributed by atoms with Gasteiger partial charge in [-0.05, 0) is 19.3 Å². The Bertz CT molecular complexity index is 903. The number of carbonyl (C=O) groups is 1. The minimum Gasteiger partial charge on any atom is -0.425 e. The molecule has 1 saturated carbocycles. The molecule has 0 spiro atoms. The SMILES string of the molecule is CCc1nnc(C2CCCC(NC(=O)c3cc(-c4ccccc4)on3)C2)o1. The highest BCUT2D eigenvalue weighted by atomic mass is 16.5. The second-order valence-electron chi connectivity index (χ2n) is 6.86. The monoisotopic (exact) mass is 366 g/mol. The molecule has 4 rings (SSSR count). The van der Waals surface area contributed by atoms with Crippen LogP contribution in [0.25, 0.3) is 11.3 Å². The van der Waals surface area contributed by atoms with Gasteiger partial charge in [-0.1, -0.05) is 48.8 Å². The molecule has 2 unspecified atom stereocenters. The summed E-state index contributed by atoms with van der Waals surface area (Å²) in [6, 6.07) is 11.3. The van der Waals surface area contributed by atoms with Gasteiger partial charge in [0.25, 0.3) is 5.91 Å². The van der Waals surface area contributed by atoms with Crippen LogP contribution in [0.5, 0.6) is 0 Å². The van der Waals surface area contributed by atoms with Crippen molar-refractivity contribution >= 4 is 5.91 Å². The number of hydrogen-bond donors (Lipinski definition) is 1. The first-order chi connectivity index (χ1) is 13.2. The van der Waals surface area contributed by atoms with Gasteiger partial charge >= 0.3 is 0 Å².